The first-order valence-electron chi connectivity index (χ1n) is 4.99. The minimum atomic E-state index is -0.643. The molecule has 1 saturated carbocycles. The normalized spacial score (nSPS) is 34.0. The fourth-order valence-electron chi connectivity index (χ4n) is 2.73. The highest BCUT2D eigenvalue weighted by Crippen LogP contribution is 2.46. The van der Waals surface area contributed by atoms with Crippen molar-refractivity contribution in [2.75, 3.05) is 6.54 Å². The van der Waals surface area contributed by atoms with Crippen LogP contribution in [0.4, 0.5) is 0 Å². The molecule has 0 spiro atoms. The first-order chi connectivity index (χ1) is 7.25. The number of carbonyl (C=O) groups is 1. The van der Waals surface area contributed by atoms with E-state index in [0.29, 0.717) is 5.92 Å². The lowest BCUT2D eigenvalue weighted by Crippen LogP contribution is -2.43. The fourth-order valence-corrected chi connectivity index (χ4v) is 3.16. The molecule has 0 radical (unpaired) electrons. The molecular formula is C9H11N3O2S. The number of fused-ring (bicyclic) bond motifs is 1. The Balaban J connectivity index is 1.69. The molecule has 2 aliphatic heterocycles. The van der Waals surface area contributed by atoms with E-state index in [1.807, 2.05) is 0 Å². The van der Waals surface area contributed by atoms with E-state index in [9.17, 15) is 4.79 Å². The minimum absolute atomic E-state index is 0.142. The number of aromatic nitrogens is 2. The van der Waals surface area contributed by atoms with E-state index in [0.717, 1.165) is 25.2 Å². The molecule has 3 aliphatic rings. The predicted molar refractivity (Wildman–Crippen MR) is 53.3 cm³/mol. The van der Waals surface area contributed by atoms with Crippen LogP contribution in [0.5, 0.6) is 0 Å². The van der Waals surface area contributed by atoms with E-state index in [4.69, 9.17) is 5.11 Å². The second-order valence-electron chi connectivity index (χ2n) is 4.26. The van der Waals surface area contributed by atoms with Crippen LogP contribution in [0.1, 0.15) is 12.1 Å². The fraction of sp³-hybridized carbons (Fsp3) is 0.667. The summed E-state index contributed by atoms with van der Waals surface area (Å²) in [4.78, 5) is 13.2. The quantitative estimate of drug-likeness (QED) is 0.808. The molecule has 1 aromatic rings. The van der Waals surface area contributed by atoms with Gasteiger partial charge in [-0.3, -0.25) is 9.69 Å². The Kier molecular flexibility index (Phi) is 2.00. The number of hydrogen-bond donors (Lipinski definition) is 1. The Morgan fingerprint density at radius 3 is 3.20 bits per heavy atom. The van der Waals surface area contributed by atoms with Crippen LogP contribution in [0, 0.1) is 11.8 Å². The maximum Gasteiger partial charge on any atom is 0.308 e. The van der Waals surface area contributed by atoms with E-state index < -0.39 is 5.97 Å². The first-order valence-corrected chi connectivity index (χ1v) is 5.72. The van der Waals surface area contributed by atoms with Crippen molar-refractivity contribution in [2.24, 2.45) is 11.8 Å². The second-order valence-corrected chi connectivity index (χ2v) is 4.81. The smallest absolute Gasteiger partial charge is 0.308 e. The monoisotopic (exact) mass is 225 g/mol. The van der Waals surface area contributed by atoms with Crippen LogP contribution in [0.15, 0.2) is 6.20 Å². The van der Waals surface area contributed by atoms with Gasteiger partial charge in [0.15, 0.2) is 0 Å². The molecule has 4 rings (SSSR count). The molecule has 15 heavy (non-hydrogen) atoms. The molecule has 3 unspecified atom stereocenters. The molecule has 3 atom stereocenters. The molecule has 6 heteroatoms. The number of hydrogen-bond acceptors (Lipinski definition) is 5. The van der Waals surface area contributed by atoms with Gasteiger partial charge in [-0.2, -0.15) is 8.75 Å². The summed E-state index contributed by atoms with van der Waals surface area (Å²) in [6.07, 6.45) is 2.80. The Morgan fingerprint density at radius 1 is 1.73 bits per heavy atom. The number of rotatable bonds is 3. The van der Waals surface area contributed by atoms with Gasteiger partial charge < -0.3 is 5.11 Å². The zero-order valence-electron chi connectivity index (χ0n) is 8.04. The molecule has 3 heterocycles. The van der Waals surface area contributed by atoms with Crippen LogP contribution in [0.2, 0.25) is 0 Å². The molecule has 2 bridgehead atoms. The molecule has 2 saturated heterocycles. The summed E-state index contributed by atoms with van der Waals surface area (Å²) in [5.41, 5.74) is 0.955. The summed E-state index contributed by atoms with van der Waals surface area (Å²) in [6, 6.07) is 0.231. The summed E-state index contributed by atoms with van der Waals surface area (Å²) in [5, 5.41) is 9.01. The van der Waals surface area contributed by atoms with Crippen LogP contribution < -0.4 is 0 Å². The standard InChI is InChI=1S/C9H11N3O2S/c13-9(14)8-5-1-7(8)12(3-5)4-6-2-10-15-11-6/h2,5,7-8H,1,3-4H2,(H,13,14). The van der Waals surface area contributed by atoms with E-state index in [2.05, 4.69) is 13.6 Å². The molecule has 0 amide bonds. The Hall–Kier alpha value is -1.01. The maximum absolute atomic E-state index is 10.9. The van der Waals surface area contributed by atoms with Gasteiger partial charge in [-0.15, -0.1) is 0 Å². The molecule has 5 nitrogen and oxygen atoms in total. The van der Waals surface area contributed by atoms with Crippen molar-refractivity contribution < 1.29 is 9.90 Å². The lowest BCUT2D eigenvalue weighted by molar-refractivity contribution is -0.147. The highest BCUT2D eigenvalue weighted by atomic mass is 32.1. The van der Waals surface area contributed by atoms with Crippen LogP contribution in [0.25, 0.3) is 0 Å². The third kappa shape index (κ3) is 1.36. The largest absolute Gasteiger partial charge is 0.481 e. The van der Waals surface area contributed by atoms with E-state index in [-0.39, 0.29) is 12.0 Å². The predicted octanol–water partition coefficient (Wildman–Crippen LogP) is 0.443. The van der Waals surface area contributed by atoms with Gasteiger partial charge in [0.1, 0.15) is 0 Å². The van der Waals surface area contributed by atoms with Crippen molar-refractivity contribution in [1.29, 1.82) is 0 Å². The van der Waals surface area contributed by atoms with Crippen molar-refractivity contribution in [3.05, 3.63) is 11.9 Å². The lowest BCUT2D eigenvalue weighted by atomic mass is 9.74. The number of nitrogens with zero attached hydrogens (tertiary/aromatic N) is 3. The lowest BCUT2D eigenvalue weighted by Gasteiger charge is -2.33. The summed E-state index contributed by atoms with van der Waals surface area (Å²) in [5.74, 6) is -0.425. The van der Waals surface area contributed by atoms with E-state index in [1.54, 1.807) is 6.20 Å². The first kappa shape index (κ1) is 9.23. The van der Waals surface area contributed by atoms with Gasteiger partial charge in [-0.1, -0.05) is 0 Å². The van der Waals surface area contributed by atoms with Crippen LogP contribution >= 0.6 is 11.7 Å². The van der Waals surface area contributed by atoms with Crippen molar-refractivity contribution >= 4 is 17.7 Å². The van der Waals surface area contributed by atoms with Gasteiger partial charge in [0.2, 0.25) is 0 Å². The minimum Gasteiger partial charge on any atom is -0.481 e. The average Bonchev–Trinajstić information content (AvgIpc) is 2.77. The molecule has 80 valence electrons. The second kappa shape index (κ2) is 3.24. The SMILES string of the molecule is O=C(O)C1C2CC1N(Cc1cnsn1)C2. The van der Waals surface area contributed by atoms with Gasteiger partial charge in [-0.05, 0) is 12.3 Å². The summed E-state index contributed by atoms with van der Waals surface area (Å²) < 4.78 is 8.09. The highest BCUT2D eigenvalue weighted by Gasteiger charge is 2.55. The van der Waals surface area contributed by atoms with Crippen molar-refractivity contribution in [1.82, 2.24) is 13.6 Å². The molecule has 1 N–H and O–H groups in total. The number of carboxylic acid groups (broad SMARTS) is 1. The summed E-state index contributed by atoms with van der Waals surface area (Å²) in [6.45, 7) is 1.65. The van der Waals surface area contributed by atoms with Crippen molar-refractivity contribution in [2.45, 2.75) is 19.0 Å². The van der Waals surface area contributed by atoms with Gasteiger partial charge in [-0.25, -0.2) is 0 Å². The number of aliphatic carboxylic acids is 1. The third-order valence-corrected chi connectivity index (χ3v) is 3.98. The van der Waals surface area contributed by atoms with Gasteiger partial charge in [0, 0.05) is 19.1 Å². The molecule has 1 aromatic heterocycles. The van der Waals surface area contributed by atoms with Crippen LogP contribution in [-0.2, 0) is 11.3 Å². The Bertz CT molecular complexity index is 381. The van der Waals surface area contributed by atoms with Crippen molar-refractivity contribution in [3.63, 3.8) is 0 Å². The topological polar surface area (TPSA) is 66.3 Å². The molecule has 0 aromatic carbocycles. The van der Waals surface area contributed by atoms with Gasteiger partial charge in [0.05, 0.1) is 29.5 Å². The zero-order valence-corrected chi connectivity index (χ0v) is 8.85. The van der Waals surface area contributed by atoms with Crippen LogP contribution in [-0.4, -0.2) is 37.3 Å². The molecule has 1 aliphatic carbocycles. The van der Waals surface area contributed by atoms with Gasteiger partial charge >= 0.3 is 5.97 Å². The maximum atomic E-state index is 10.9. The Labute approximate surface area is 91.1 Å². The van der Waals surface area contributed by atoms with E-state index >= 15 is 0 Å². The van der Waals surface area contributed by atoms with E-state index in [1.165, 1.54) is 11.7 Å². The molecule has 3 fully saturated rings. The zero-order chi connectivity index (χ0) is 10.4. The third-order valence-electron chi connectivity index (χ3n) is 3.46. The average molecular weight is 225 g/mol. The van der Waals surface area contributed by atoms with Crippen LogP contribution in [0.3, 0.4) is 0 Å². The summed E-state index contributed by atoms with van der Waals surface area (Å²) >= 11 is 1.20. The number of carboxylic acids is 1. The molecular weight excluding hydrogens is 214 g/mol. The highest BCUT2D eigenvalue weighted by molar-refractivity contribution is 6.99. The Morgan fingerprint density at radius 2 is 2.60 bits per heavy atom. The summed E-state index contributed by atoms with van der Waals surface area (Å²) in [7, 11) is 0. The van der Waals surface area contributed by atoms with Gasteiger partial charge in [0.25, 0.3) is 0 Å². The van der Waals surface area contributed by atoms with Crippen molar-refractivity contribution in [3.8, 4) is 0 Å².